The molecule has 4 nitrogen and oxygen atoms in total. The molecule has 2 rings (SSSR count). The fraction of sp³-hybridized carbons (Fsp3) is 0.286. The molecule has 0 aliphatic carbocycles. The van der Waals surface area contributed by atoms with E-state index in [-0.39, 0.29) is 0 Å². The molecule has 0 bridgehead atoms. The monoisotopic (exact) mass is 240 g/mol. The summed E-state index contributed by atoms with van der Waals surface area (Å²) >= 11 is 0. The number of nitriles is 1. The van der Waals surface area contributed by atoms with Crippen molar-refractivity contribution >= 4 is 0 Å². The maximum atomic E-state index is 9.54. The molecule has 1 unspecified atom stereocenters. The number of hydrogen-bond acceptors (Lipinski definition) is 3. The van der Waals surface area contributed by atoms with Crippen molar-refractivity contribution < 1.29 is 0 Å². The van der Waals surface area contributed by atoms with Crippen LogP contribution in [-0.2, 0) is 12.1 Å². The minimum Gasteiger partial charge on any atom is -0.297 e. The number of aryl methyl sites for hydroxylation is 1. The molecule has 1 N–H and O–H groups in total. The molecule has 1 aromatic carbocycles. The van der Waals surface area contributed by atoms with Gasteiger partial charge in [-0.2, -0.15) is 10.4 Å². The van der Waals surface area contributed by atoms with Gasteiger partial charge in [-0.3, -0.25) is 10.00 Å². The van der Waals surface area contributed by atoms with Crippen molar-refractivity contribution in [3.8, 4) is 6.07 Å². The van der Waals surface area contributed by atoms with E-state index in [1.54, 1.807) is 11.7 Å². The molecule has 0 spiro atoms. The first-order chi connectivity index (χ1) is 8.70. The second kappa shape index (κ2) is 5.03. The van der Waals surface area contributed by atoms with E-state index in [2.05, 4.69) is 16.5 Å². The van der Waals surface area contributed by atoms with Gasteiger partial charge in [0.15, 0.2) is 5.54 Å². The van der Waals surface area contributed by atoms with Crippen molar-refractivity contribution in [1.82, 2.24) is 15.1 Å². The van der Waals surface area contributed by atoms with Crippen LogP contribution in [0.15, 0.2) is 42.6 Å². The number of aromatic nitrogens is 2. The van der Waals surface area contributed by atoms with E-state index < -0.39 is 5.54 Å². The van der Waals surface area contributed by atoms with Gasteiger partial charge in [0.25, 0.3) is 0 Å². The summed E-state index contributed by atoms with van der Waals surface area (Å²) in [5, 5.41) is 17.0. The van der Waals surface area contributed by atoms with Gasteiger partial charge in [-0.25, -0.2) is 0 Å². The second-order valence-electron chi connectivity index (χ2n) is 4.29. The predicted octanol–water partition coefficient (Wildman–Crippen LogP) is 1.83. The highest BCUT2D eigenvalue weighted by Crippen LogP contribution is 2.22. The van der Waals surface area contributed by atoms with Gasteiger partial charge in [0.2, 0.25) is 0 Å². The van der Waals surface area contributed by atoms with Crippen LogP contribution >= 0.6 is 0 Å². The number of hydrogen-bond donors (Lipinski definition) is 1. The number of nitrogens with one attached hydrogen (secondary N) is 1. The Morgan fingerprint density at radius 2 is 2.06 bits per heavy atom. The zero-order valence-corrected chi connectivity index (χ0v) is 10.6. The Kier molecular flexibility index (Phi) is 3.45. The zero-order chi connectivity index (χ0) is 13.0. The van der Waals surface area contributed by atoms with Crippen molar-refractivity contribution in [2.24, 2.45) is 0 Å². The normalized spacial score (nSPS) is 13.8. The number of nitrogens with zero attached hydrogens (tertiary/aromatic N) is 3. The third-order valence-corrected chi connectivity index (χ3v) is 3.06. The summed E-state index contributed by atoms with van der Waals surface area (Å²) in [6.45, 7) is 2.42. The molecular formula is C14H16N4. The van der Waals surface area contributed by atoms with E-state index in [1.807, 2.05) is 49.5 Å². The van der Waals surface area contributed by atoms with Gasteiger partial charge >= 0.3 is 0 Å². The lowest BCUT2D eigenvalue weighted by Crippen LogP contribution is -2.42. The van der Waals surface area contributed by atoms with E-state index in [1.165, 1.54) is 0 Å². The SMILES string of the molecule is CNC(C#N)(Cn1ccc(C)n1)c1ccccc1. The second-order valence-corrected chi connectivity index (χ2v) is 4.29. The highest BCUT2D eigenvalue weighted by Gasteiger charge is 2.31. The molecule has 1 atom stereocenters. The van der Waals surface area contributed by atoms with Crippen molar-refractivity contribution in [1.29, 1.82) is 5.26 Å². The first-order valence-electron chi connectivity index (χ1n) is 5.86. The molecule has 18 heavy (non-hydrogen) atoms. The number of benzene rings is 1. The third kappa shape index (κ3) is 2.27. The van der Waals surface area contributed by atoms with Gasteiger partial charge in [-0.1, -0.05) is 30.3 Å². The van der Waals surface area contributed by atoms with Gasteiger partial charge in [0.05, 0.1) is 18.3 Å². The van der Waals surface area contributed by atoms with Crippen LogP contribution in [0, 0.1) is 18.3 Å². The number of rotatable bonds is 4. The first kappa shape index (κ1) is 12.3. The fourth-order valence-electron chi connectivity index (χ4n) is 1.99. The van der Waals surface area contributed by atoms with Crippen LogP contribution in [0.3, 0.4) is 0 Å². The van der Waals surface area contributed by atoms with Crippen molar-refractivity contribution in [3.05, 3.63) is 53.9 Å². The molecule has 1 heterocycles. The summed E-state index contributed by atoms with van der Waals surface area (Å²) in [6.07, 6.45) is 1.89. The molecule has 0 amide bonds. The van der Waals surface area contributed by atoms with Gasteiger partial charge in [-0.15, -0.1) is 0 Å². The van der Waals surface area contributed by atoms with Crippen LogP contribution in [-0.4, -0.2) is 16.8 Å². The van der Waals surface area contributed by atoms with Gasteiger partial charge < -0.3 is 0 Å². The van der Waals surface area contributed by atoms with Gasteiger partial charge in [-0.05, 0) is 25.6 Å². The maximum Gasteiger partial charge on any atom is 0.151 e. The van der Waals surface area contributed by atoms with E-state index in [9.17, 15) is 5.26 Å². The van der Waals surface area contributed by atoms with E-state index in [0.29, 0.717) is 6.54 Å². The predicted molar refractivity (Wildman–Crippen MR) is 69.8 cm³/mol. The molecule has 0 saturated carbocycles. The average molecular weight is 240 g/mol. The summed E-state index contributed by atoms with van der Waals surface area (Å²) in [5.74, 6) is 0. The smallest absolute Gasteiger partial charge is 0.151 e. The molecule has 92 valence electrons. The minimum atomic E-state index is -0.750. The van der Waals surface area contributed by atoms with E-state index in [0.717, 1.165) is 11.3 Å². The van der Waals surface area contributed by atoms with Crippen LogP contribution in [0.25, 0.3) is 0 Å². The van der Waals surface area contributed by atoms with Crippen LogP contribution in [0.4, 0.5) is 0 Å². The van der Waals surface area contributed by atoms with Crippen LogP contribution in [0.1, 0.15) is 11.3 Å². The van der Waals surface area contributed by atoms with Crippen molar-refractivity contribution in [2.75, 3.05) is 7.05 Å². The van der Waals surface area contributed by atoms with Crippen LogP contribution in [0.5, 0.6) is 0 Å². The van der Waals surface area contributed by atoms with Crippen molar-refractivity contribution in [2.45, 2.75) is 19.0 Å². The summed E-state index contributed by atoms with van der Waals surface area (Å²) in [6, 6.07) is 14.0. The largest absolute Gasteiger partial charge is 0.297 e. The Morgan fingerprint density at radius 1 is 1.33 bits per heavy atom. The highest BCUT2D eigenvalue weighted by molar-refractivity contribution is 5.31. The topological polar surface area (TPSA) is 53.6 Å². The minimum absolute atomic E-state index is 0.484. The lowest BCUT2D eigenvalue weighted by Gasteiger charge is -2.26. The molecule has 0 aliphatic rings. The fourth-order valence-corrected chi connectivity index (χ4v) is 1.99. The van der Waals surface area contributed by atoms with E-state index in [4.69, 9.17) is 0 Å². The molecule has 0 aliphatic heterocycles. The summed E-state index contributed by atoms with van der Waals surface area (Å²) in [7, 11) is 1.80. The summed E-state index contributed by atoms with van der Waals surface area (Å²) in [4.78, 5) is 0. The highest BCUT2D eigenvalue weighted by atomic mass is 15.3. The first-order valence-corrected chi connectivity index (χ1v) is 5.86. The van der Waals surface area contributed by atoms with Crippen LogP contribution < -0.4 is 5.32 Å². The molecule has 0 saturated heterocycles. The Morgan fingerprint density at radius 3 is 2.56 bits per heavy atom. The Labute approximate surface area is 107 Å². The lowest BCUT2D eigenvalue weighted by molar-refractivity contribution is 0.376. The van der Waals surface area contributed by atoms with Crippen LogP contribution in [0.2, 0.25) is 0 Å². The molecule has 1 aromatic heterocycles. The zero-order valence-electron chi connectivity index (χ0n) is 10.6. The third-order valence-electron chi connectivity index (χ3n) is 3.06. The van der Waals surface area contributed by atoms with Gasteiger partial charge in [0, 0.05) is 6.20 Å². The average Bonchev–Trinajstić information content (AvgIpc) is 2.82. The molecule has 2 aromatic rings. The molecular weight excluding hydrogens is 224 g/mol. The molecule has 4 heteroatoms. The molecule has 0 radical (unpaired) electrons. The lowest BCUT2D eigenvalue weighted by atomic mass is 9.91. The summed E-state index contributed by atoms with van der Waals surface area (Å²) in [5.41, 5.74) is 1.15. The Hall–Kier alpha value is -2.12. The number of likely N-dealkylation sites (N-methyl/N-ethyl adjacent to an activating group) is 1. The maximum absolute atomic E-state index is 9.54. The van der Waals surface area contributed by atoms with E-state index >= 15 is 0 Å². The standard InChI is InChI=1S/C14H16N4/c1-12-8-9-18(17-12)11-14(10-15,16-2)13-6-4-3-5-7-13/h3-9,16H,11H2,1-2H3. The Bertz CT molecular complexity index is 553. The quantitative estimate of drug-likeness (QED) is 0.887. The Balaban J connectivity index is 2.36. The van der Waals surface area contributed by atoms with Gasteiger partial charge in [0.1, 0.15) is 0 Å². The molecule has 0 fully saturated rings. The van der Waals surface area contributed by atoms with Crippen molar-refractivity contribution in [3.63, 3.8) is 0 Å². The summed E-state index contributed by atoms with van der Waals surface area (Å²) < 4.78 is 1.79.